The van der Waals surface area contributed by atoms with E-state index in [0.29, 0.717) is 52.2 Å². The molecule has 1 aliphatic carbocycles. The number of aromatic nitrogens is 7. The minimum Gasteiger partial charge on any atom is -0.494 e. The van der Waals surface area contributed by atoms with Crippen LogP contribution in [0.5, 0.6) is 11.8 Å². The molecule has 40 heavy (non-hydrogen) atoms. The van der Waals surface area contributed by atoms with E-state index in [0.717, 1.165) is 38.0 Å². The Kier molecular flexibility index (Phi) is 5.73. The Bertz CT molecular complexity index is 1880. The van der Waals surface area contributed by atoms with Crippen LogP contribution in [-0.2, 0) is 0 Å². The van der Waals surface area contributed by atoms with Gasteiger partial charge in [0.1, 0.15) is 6.33 Å². The highest BCUT2D eigenvalue weighted by Crippen LogP contribution is 2.23. The molecule has 0 radical (unpaired) electrons. The summed E-state index contributed by atoms with van der Waals surface area (Å²) in [5.74, 6) is 0.0625. The number of rotatable bonds is 5. The van der Waals surface area contributed by atoms with Crippen LogP contribution in [0, 0.1) is 0 Å². The third kappa shape index (κ3) is 4.33. The highest BCUT2D eigenvalue weighted by molar-refractivity contribution is 5.97. The molecule has 1 aliphatic heterocycles. The predicted molar refractivity (Wildman–Crippen MR) is 145 cm³/mol. The first-order valence-corrected chi connectivity index (χ1v) is 13.4. The van der Waals surface area contributed by atoms with E-state index in [9.17, 15) is 15.0 Å². The molecule has 0 bridgehead atoms. The van der Waals surface area contributed by atoms with Gasteiger partial charge in [0.15, 0.2) is 17.4 Å². The summed E-state index contributed by atoms with van der Waals surface area (Å²) in [6.07, 6.45) is 6.93. The number of hydrogen-bond donors (Lipinski definition) is 3. The van der Waals surface area contributed by atoms with Gasteiger partial charge in [0, 0.05) is 48.6 Å². The van der Waals surface area contributed by atoms with Gasteiger partial charge in [-0.2, -0.15) is 19.6 Å². The van der Waals surface area contributed by atoms with E-state index >= 15 is 0 Å². The molecule has 1 saturated heterocycles. The van der Waals surface area contributed by atoms with Gasteiger partial charge in [0.25, 0.3) is 11.5 Å². The molecule has 204 valence electrons. The Morgan fingerprint density at radius 2 is 1.98 bits per heavy atom. The Labute approximate surface area is 227 Å². The molecule has 0 unspecified atom stereocenters. The topological polar surface area (TPSA) is 153 Å². The molecule has 2 aliphatic rings. The maximum atomic E-state index is 13.2. The number of H-pyrrole nitrogens is 1. The van der Waals surface area contributed by atoms with E-state index in [1.54, 1.807) is 27.7 Å². The maximum absolute atomic E-state index is 13.2. The van der Waals surface area contributed by atoms with Crippen molar-refractivity contribution in [2.45, 2.75) is 25.8 Å². The van der Waals surface area contributed by atoms with Crippen molar-refractivity contribution in [3.05, 3.63) is 58.8 Å². The standard InChI is InChI=1S/C27H28N10O3/c1-2-34-7-9-35(10-8-34)25(40)16-3-6-21-20(12-16)28-15-36(21)26-32-23-18(11-17-13-22(38)31-24(17)39)14-29-37(23)27(33-26)30-19-4-5-19/h3,6,11-15,19,31,38-39H,2,4-5,7-10H2,1H3. The zero-order valence-electron chi connectivity index (χ0n) is 21.9. The lowest BCUT2D eigenvalue weighted by Crippen LogP contribution is -2.48. The number of nitrogens with one attached hydrogen (secondary N) is 1. The Hall–Kier alpha value is -4.78. The average molecular weight is 541 g/mol. The molecule has 5 aromatic rings. The van der Waals surface area contributed by atoms with E-state index in [1.165, 1.54) is 6.07 Å². The van der Waals surface area contributed by atoms with Gasteiger partial charge in [-0.1, -0.05) is 6.92 Å². The average Bonchev–Trinajstić information content (AvgIpc) is 3.39. The van der Waals surface area contributed by atoms with Crippen LogP contribution < -0.4 is 10.8 Å². The summed E-state index contributed by atoms with van der Waals surface area (Å²) in [4.78, 5) is 38.7. The van der Waals surface area contributed by atoms with Gasteiger partial charge in [-0.15, -0.1) is 0 Å². The third-order valence-corrected chi connectivity index (χ3v) is 7.45. The number of fused-ring (bicyclic) bond motifs is 2. The van der Waals surface area contributed by atoms with Crippen LogP contribution >= 0.6 is 0 Å². The largest absolute Gasteiger partial charge is 0.494 e. The van der Waals surface area contributed by atoms with Crippen LogP contribution in [-0.4, -0.2) is 98.8 Å². The summed E-state index contributed by atoms with van der Waals surface area (Å²) in [5.41, 5.74) is 3.33. The van der Waals surface area contributed by atoms with Gasteiger partial charge in [0.2, 0.25) is 5.95 Å². The van der Waals surface area contributed by atoms with E-state index in [4.69, 9.17) is 15.0 Å². The predicted octanol–water partition coefficient (Wildman–Crippen LogP) is 0.591. The van der Waals surface area contributed by atoms with Gasteiger partial charge < -0.3 is 20.0 Å². The van der Waals surface area contributed by atoms with Crippen molar-refractivity contribution >= 4 is 28.7 Å². The fourth-order valence-corrected chi connectivity index (χ4v) is 5.01. The van der Waals surface area contributed by atoms with Crippen molar-refractivity contribution in [3.63, 3.8) is 0 Å². The second-order valence-electron chi connectivity index (χ2n) is 10.2. The first-order chi connectivity index (χ1) is 19.5. The molecular weight excluding hydrogens is 512 g/mol. The lowest BCUT2D eigenvalue weighted by Gasteiger charge is -2.34. The summed E-state index contributed by atoms with van der Waals surface area (Å²) >= 11 is 0. The lowest BCUT2D eigenvalue weighted by atomic mass is 10.1. The smallest absolute Gasteiger partial charge is 0.254 e. The fourth-order valence-electron chi connectivity index (χ4n) is 5.01. The van der Waals surface area contributed by atoms with Crippen molar-refractivity contribution in [3.8, 4) is 17.7 Å². The number of carbonyl (C=O) groups is 1. The van der Waals surface area contributed by atoms with E-state index in [1.807, 2.05) is 23.1 Å². The second-order valence-corrected chi connectivity index (χ2v) is 10.2. The van der Waals surface area contributed by atoms with Gasteiger partial charge in [-0.3, -0.25) is 14.3 Å². The number of aromatic amines is 1. The highest BCUT2D eigenvalue weighted by Gasteiger charge is 2.23. The molecule has 13 nitrogen and oxygen atoms in total. The number of nitrogens with zero attached hydrogens (tertiary/aromatic N) is 9. The number of amides is 1. The van der Waals surface area contributed by atoms with Crippen LogP contribution in [0.25, 0.3) is 28.7 Å². The van der Waals surface area contributed by atoms with Crippen molar-refractivity contribution in [1.82, 2.24) is 43.9 Å². The van der Waals surface area contributed by atoms with Crippen LogP contribution in [0.1, 0.15) is 35.7 Å². The molecule has 1 saturated carbocycles. The molecular formula is C27H28N10O3. The monoisotopic (exact) mass is 540 g/mol. The molecule has 3 N–H and O–H groups in total. The molecule has 1 aromatic carbocycles. The van der Waals surface area contributed by atoms with Crippen molar-refractivity contribution in [2.24, 2.45) is 4.99 Å². The summed E-state index contributed by atoms with van der Waals surface area (Å²) in [7, 11) is 0. The molecule has 0 spiro atoms. The molecule has 5 heterocycles. The third-order valence-electron chi connectivity index (χ3n) is 7.45. The van der Waals surface area contributed by atoms with E-state index in [-0.39, 0.29) is 23.7 Å². The van der Waals surface area contributed by atoms with Crippen molar-refractivity contribution < 1.29 is 15.0 Å². The highest BCUT2D eigenvalue weighted by atomic mass is 16.3. The number of aromatic hydroxyl groups is 2. The van der Waals surface area contributed by atoms with Crippen molar-refractivity contribution in [2.75, 3.05) is 32.7 Å². The molecule has 4 aromatic heterocycles. The molecule has 2 fully saturated rings. The van der Waals surface area contributed by atoms with Crippen LogP contribution in [0.3, 0.4) is 0 Å². The van der Waals surface area contributed by atoms with E-state index in [2.05, 4.69) is 26.9 Å². The number of carbonyl (C=O) groups excluding carboxylic acids is 1. The number of likely N-dealkylation sites (N-methyl/N-ethyl adjacent to an activating group) is 1. The minimum atomic E-state index is -0.160. The summed E-state index contributed by atoms with van der Waals surface area (Å²) in [5, 5.41) is 24.9. The van der Waals surface area contributed by atoms with Gasteiger partial charge in [-0.25, -0.2) is 9.98 Å². The second kappa shape index (κ2) is 9.45. The minimum absolute atomic E-state index is 0.00822. The Balaban J connectivity index is 1.29. The fraction of sp³-hybridized carbons (Fsp3) is 0.333. The summed E-state index contributed by atoms with van der Waals surface area (Å²) < 4.78 is 3.34. The summed E-state index contributed by atoms with van der Waals surface area (Å²) in [6.45, 7) is 6.32. The molecule has 13 heteroatoms. The van der Waals surface area contributed by atoms with Gasteiger partial charge >= 0.3 is 0 Å². The zero-order valence-corrected chi connectivity index (χ0v) is 21.9. The van der Waals surface area contributed by atoms with Crippen molar-refractivity contribution in [1.29, 1.82) is 0 Å². The quantitative estimate of drug-likeness (QED) is 0.293. The first-order valence-electron chi connectivity index (χ1n) is 13.4. The molecule has 0 atom stereocenters. The number of hydrogen-bond acceptors (Lipinski definition) is 9. The first kappa shape index (κ1) is 24.3. The SMILES string of the molecule is CCN1CCN(C(=O)c2ccc3c(c2)ncn3-c2nc(=NC3CC3)n3ncc(=Cc4cc(O)[nH]c4O)c3n2)CC1. The Morgan fingerprint density at radius 3 is 2.70 bits per heavy atom. The normalized spacial score (nSPS) is 17.5. The number of benzene rings is 1. The maximum Gasteiger partial charge on any atom is 0.254 e. The molecule has 7 rings (SSSR count). The van der Waals surface area contributed by atoms with Gasteiger partial charge in [0.05, 0.1) is 23.3 Å². The van der Waals surface area contributed by atoms with Crippen LogP contribution in [0.15, 0.2) is 41.8 Å². The van der Waals surface area contributed by atoms with Crippen LogP contribution in [0.2, 0.25) is 0 Å². The van der Waals surface area contributed by atoms with E-state index < -0.39 is 0 Å². The Morgan fingerprint density at radius 1 is 1.15 bits per heavy atom. The lowest BCUT2D eigenvalue weighted by molar-refractivity contribution is 0.0643. The molecule has 1 amide bonds. The zero-order chi connectivity index (χ0) is 27.4. The number of piperazine rings is 1. The van der Waals surface area contributed by atoms with Crippen LogP contribution in [0.4, 0.5) is 0 Å². The number of imidazole rings is 1. The summed E-state index contributed by atoms with van der Waals surface area (Å²) in [6, 6.07) is 7.12. The van der Waals surface area contributed by atoms with Gasteiger partial charge in [-0.05, 0) is 43.7 Å².